The summed E-state index contributed by atoms with van der Waals surface area (Å²) < 4.78 is 0. The first-order chi connectivity index (χ1) is 6.84. The summed E-state index contributed by atoms with van der Waals surface area (Å²) in [5.74, 6) is 1.55. The quantitative estimate of drug-likeness (QED) is 0.779. The number of aryl methyl sites for hydroxylation is 1. The fourth-order valence-corrected chi connectivity index (χ4v) is 1.17. The van der Waals surface area contributed by atoms with Crippen molar-refractivity contribution in [3.05, 3.63) is 47.5 Å². The molecule has 1 aromatic carbocycles. The van der Waals surface area contributed by atoms with Crippen molar-refractivity contribution in [2.45, 2.75) is 6.92 Å². The standard InChI is InChI=1S/C11H11N3/c1-9-12-11(14-13-9)8-7-10-5-3-2-4-6-10/h2-8H,1H3,(H,12,13,14)/b8-7+. The SMILES string of the molecule is Cc1nc(/C=C/c2ccccc2)n[nH]1. The van der Waals surface area contributed by atoms with E-state index in [1.807, 2.05) is 49.4 Å². The number of hydrogen-bond acceptors (Lipinski definition) is 2. The molecular weight excluding hydrogens is 174 g/mol. The van der Waals surface area contributed by atoms with E-state index in [4.69, 9.17) is 0 Å². The number of benzene rings is 1. The summed E-state index contributed by atoms with van der Waals surface area (Å²) in [5, 5.41) is 6.80. The number of nitrogens with zero attached hydrogens (tertiary/aromatic N) is 2. The number of hydrogen-bond donors (Lipinski definition) is 1. The van der Waals surface area contributed by atoms with E-state index in [0.717, 1.165) is 11.4 Å². The highest BCUT2D eigenvalue weighted by Gasteiger charge is 1.92. The van der Waals surface area contributed by atoms with Crippen LogP contribution < -0.4 is 0 Å². The third kappa shape index (κ3) is 2.07. The van der Waals surface area contributed by atoms with Gasteiger partial charge in [0.15, 0.2) is 5.82 Å². The molecule has 2 aromatic rings. The average Bonchev–Trinajstić information content (AvgIpc) is 2.63. The first-order valence-corrected chi connectivity index (χ1v) is 4.47. The lowest BCUT2D eigenvalue weighted by atomic mass is 10.2. The molecule has 0 aliphatic heterocycles. The van der Waals surface area contributed by atoms with Gasteiger partial charge in [-0.2, -0.15) is 5.10 Å². The van der Waals surface area contributed by atoms with Crippen LogP contribution in [0.5, 0.6) is 0 Å². The predicted octanol–water partition coefficient (Wildman–Crippen LogP) is 2.28. The van der Waals surface area contributed by atoms with E-state index < -0.39 is 0 Å². The molecule has 1 aromatic heterocycles. The molecular formula is C11H11N3. The average molecular weight is 185 g/mol. The summed E-state index contributed by atoms with van der Waals surface area (Å²) in [5.41, 5.74) is 1.15. The van der Waals surface area contributed by atoms with E-state index in [0.29, 0.717) is 5.82 Å². The van der Waals surface area contributed by atoms with Crippen molar-refractivity contribution in [2.75, 3.05) is 0 Å². The summed E-state index contributed by atoms with van der Waals surface area (Å²) >= 11 is 0. The van der Waals surface area contributed by atoms with Crippen LogP contribution in [0.15, 0.2) is 30.3 Å². The monoisotopic (exact) mass is 185 g/mol. The minimum absolute atomic E-state index is 0.714. The molecule has 3 nitrogen and oxygen atoms in total. The second kappa shape index (κ2) is 3.87. The molecule has 0 unspecified atom stereocenters. The maximum absolute atomic E-state index is 4.17. The number of aromatic nitrogens is 3. The van der Waals surface area contributed by atoms with Gasteiger partial charge in [0.25, 0.3) is 0 Å². The van der Waals surface area contributed by atoms with Crippen molar-refractivity contribution in [1.29, 1.82) is 0 Å². The Kier molecular flexibility index (Phi) is 2.40. The van der Waals surface area contributed by atoms with E-state index in [9.17, 15) is 0 Å². The molecule has 1 heterocycles. The normalized spacial score (nSPS) is 10.9. The Morgan fingerprint density at radius 1 is 1.14 bits per heavy atom. The molecule has 70 valence electrons. The smallest absolute Gasteiger partial charge is 0.173 e. The van der Waals surface area contributed by atoms with Crippen LogP contribution >= 0.6 is 0 Å². The Bertz CT molecular complexity index is 429. The van der Waals surface area contributed by atoms with Gasteiger partial charge in [0.2, 0.25) is 0 Å². The van der Waals surface area contributed by atoms with Crippen LogP contribution in [0.3, 0.4) is 0 Å². The van der Waals surface area contributed by atoms with Crippen LogP contribution in [0.25, 0.3) is 12.2 Å². The topological polar surface area (TPSA) is 41.6 Å². The molecule has 0 aliphatic carbocycles. The van der Waals surface area contributed by atoms with Gasteiger partial charge < -0.3 is 0 Å². The first kappa shape index (κ1) is 8.69. The molecule has 0 aliphatic rings. The summed E-state index contributed by atoms with van der Waals surface area (Å²) in [6.07, 6.45) is 3.88. The zero-order valence-corrected chi connectivity index (χ0v) is 7.94. The van der Waals surface area contributed by atoms with Gasteiger partial charge in [-0.1, -0.05) is 36.4 Å². The van der Waals surface area contributed by atoms with Crippen LogP contribution in [-0.2, 0) is 0 Å². The van der Waals surface area contributed by atoms with Crippen LogP contribution in [0.4, 0.5) is 0 Å². The lowest BCUT2D eigenvalue weighted by Gasteiger charge is -1.88. The predicted molar refractivity (Wildman–Crippen MR) is 56.5 cm³/mol. The molecule has 2 rings (SSSR count). The number of aromatic amines is 1. The van der Waals surface area contributed by atoms with Gasteiger partial charge in [-0.3, -0.25) is 5.10 Å². The molecule has 0 atom stereocenters. The maximum atomic E-state index is 4.17. The van der Waals surface area contributed by atoms with E-state index in [-0.39, 0.29) is 0 Å². The number of rotatable bonds is 2. The summed E-state index contributed by atoms with van der Waals surface area (Å²) in [7, 11) is 0. The van der Waals surface area contributed by atoms with Gasteiger partial charge in [0.1, 0.15) is 5.82 Å². The zero-order valence-electron chi connectivity index (χ0n) is 7.94. The van der Waals surface area contributed by atoms with Crippen LogP contribution in [0, 0.1) is 6.92 Å². The second-order valence-electron chi connectivity index (χ2n) is 3.02. The molecule has 3 heteroatoms. The Morgan fingerprint density at radius 3 is 2.57 bits per heavy atom. The molecule has 0 radical (unpaired) electrons. The Morgan fingerprint density at radius 2 is 1.93 bits per heavy atom. The molecule has 0 amide bonds. The molecule has 1 N–H and O–H groups in total. The van der Waals surface area contributed by atoms with Crippen molar-refractivity contribution >= 4 is 12.2 Å². The van der Waals surface area contributed by atoms with Crippen molar-refractivity contribution in [3.63, 3.8) is 0 Å². The van der Waals surface area contributed by atoms with Gasteiger partial charge in [0.05, 0.1) is 0 Å². The van der Waals surface area contributed by atoms with E-state index in [2.05, 4.69) is 15.2 Å². The third-order valence-corrected chi connectivity index (χ3v) is 1.84. The Hall–Kier alpha value is -1.90. The minimum atomic E-state index is 0.714. The highest BCUT2D eigenvalue weighted by Crippen LogP contribution is 2.04. The van der Waals surface area contributed by atoms with E-state index in [1.54, 1.807) is 0 Å². The van der Waals surface area contributed by atoms with Crippen LogP contribution in [-0.4, -0.2) is 15.2 Å². The van der Waals surface area contributed by atoms with Crippen LogP contribution in [0.1, 0.15) is 17.2 Å². The van der Waals surface area contributed by atoms with Crippen molar-refractivity contribution in [1.82, 2.24) is 15.2 Å². The largest absolute Gasteiger partial charge is 0.263 e. The van der Waals surface area contributed by atoms with Gasteiger partial charge in [-0.25, -0.2) is 4.98 Å². The Labute approximate surface area is 82.5 Å². The maximum Gasteiger partial charge on any atom is 0.173 e. The van der Waals surface area contributed by atoms with Gasteiger partial charge in [-0.05, 0) is 18.6 Å². The summed E-state index contributed by atoms with van der Waals surface area (Å²) in [4.78, 5) is 4.17. The van der Waals surface area contributed by atoms with Crippen LogP contribution in [0.2, 0.25) is 0 Å². The lowest BCUT2D eigenvalue weighted by molar-refractivity contribution is 1.03. The second-order valence-corrected chi connectivity index (χ2v) is 3.02. The van der Waals surface area contributed by atoms with Gasteiger partial charge in [-0.15, -0.1) is 0 Å². The number of H-pyrrole nitrogens is 1. The molecule has 0 bridgehead atoms. The minimum Gasteiger partial charge on any atom is -0.263 e. The molecule has 0 spiro atoms. The number of nitrogens with one attached hydrogen (secondary N) is 1. The highest BCUT2D eigenvalue weighted by atomic mass is 15.2. The summed E-state index contributed by atoms with van der Waals surface area (Å²) in [6, 6.07) is 10.1. The van der Waals surface area contributed by atoms with Gasteiger partial charge in [0, 0.05) is 0 Å². The van der Waals surface area contributed by atoms with Crippen molar-refractivity contribution in [2.24, 2.45) is 0 Å². The molecule has 0 saturated heterocycles. The lowest BCUT2D eigenvalue weighted by Crippen LogP contribution is -1.75. The van der Waals surface area contributed by atoms with Crippen molar-refractivity contribution < 1.29 is 0 Å². The molecule has 14 heavy (non-hydrogen) atoms. The molecule has 0 saturated carbocycles. The first-order valence-electron chi connectivity index (χ1n) is 4.47. The fraction of sp³-hybridized carbons (Fsp3) is 0.0909. The van der Waals surface area contributed by atoms with E-state index in [1.165, 1.54) is 0 Å². The highest BCUT2D eigenvalue weighted by molar-refractivity contribution is 5.66. The molecule has 0 fully saturated rings. The Balaban J connectivity index is 2.15. The van der Waals surface area contributed by atoms with Crippen molar-refractivity contribution in [3.8, 4) is 0 Å². The fourth-order valence-electron chi connectivity index (χ4n) is 1.17. The van der Waals surface area contributed by atoms with Gasteiger partial charge >= 0.3 is 0 Å². The van der Waals surface area contributed by atoms with E-state index >= 15 is 0 Å². The summed E-state index contributed by atoms with van der Waals surface area (Å²) in [6.45, 7) is 1.88. The third-order valence-electron chi connectivity index (χ3n) is 1.84. The zero-order chi connectivity index (χ0) is 9.80.